The zero-order chi connectivity index (χ0) is 11.7. The molecule has 0 aliphatic rings. The Labute approximate surface area is 88.0 Å². The topological polar surface area (TPSA) is 95.5 Å². The molecular weight excluding hydrogens is 200 g/mol. The predicted octanol–water partition coefficient (Wildman–Crippen LogP) is -0.694. The maximum Gasteiger partial charge on any atom is 0.326 e. The lowest BCUT2D eigenvalue weighted by atomic mass is 10.2. The Balaban J connectivity index is 3.98. The van der Waals surface area contributed by atoms with E-state index in [9.17, 15) is 14.4 Å². The molecule has 0 aromatic heterocycles. The van der Waals surface area contributed by atoms with Crippen molar-refractivity contribution in [1.29, 1.82) is 0 Å². The van der Waals surface area contributed by atoms with Crippen LogP contribution < -0.4 is 10.6 Å². The minimum atomic E-state index is -1.11. The molecule has 0 saturated carbocycles. The summed E-state index contributed by atoms with van der Waals surface area (Å²) in [7, 11) is 0. The van der Waals surface area contributed by atoms with E-state index in [0.29, 0.717) is 12.8 Å². The van der Waals surface area contributed by atoms with Crippen molar-refractivity contribution >= 4 is 18.3 Å². The van der Waals surface area contributed by atoms with E-state index in [-0.39, 0.29) is 25.3 Å². The molecule has 0 heterocycles. The second-order valence-corrected chi connectivity index (χ2v) is 2.92. The normalized spacial score (nSPS) is 11.5. The summed E-state index contributed by atoms with van der Waals surface area (Å²) in [6.07, 6.45) is 1.27. The van der Waals surface area contributed by atoms with Crippen LogP contribution >= 0.6 is 0 Å². The quantitative estimate of drug-likeness (QED) is 0.369. The second-order valence-electron chi connectivity index (χ2n) is 2.92. The molecule has 0 aromatic rings. The van der Waals surface area contributed by atoms with Crippen molar-refractivity contribution in [2.45, 2.75) is 25.3 Å². The first kappa shape index (κ1) is 13.4. The standard InChI is InChI=1S/C9H15N2O4/c1-2-3-8(13)11-7(9(14)15)4-5-10-6-12/h6-7H,1-5H2,(H,10,12)(H,11,13)(H,14,15). The Bertz CT molecular complexity index is 230. The summed E-state index contributed by atoms with van der Waals surface area (Å²) in [4.78, 5) is 31.7. The van der Waals surface area contributed by atoms with Crippen LogP contribution in [0.2, 0.25) is 0 Å². The van der Waals surface area contributed by atoms with Crippen LogP contribution in [0.25, 0.3) is 0 Å². The van der Waals surface area contributed by atoms with Crippen molar-refractivity contribution in [2.24, 2.45) is 0 Å². The maximum absolute atomic E-state index is 11.1. The molecule has 0 aromatic carbocycles. The zero-order valence-corrected chi connectivity index (χ0v) is 8.36. The molecular formula is C9H15N2O4. The highest BCUT2D eigenvalue weighted by atomic mass is 16.4. The molecule has 0 rings (SSSR count). The zero-order valence-electron chi connectivity index (χ0n) is 8.36. The van der Waals surface area contributed by atoms with Crippen molar-refractivity contribution < 1.29 is 19.5 Å². The molecule has 3 N–H and O–H groups in total. The molecule has 1 unspecified atom stereocenters. The fraction of sp³-hybridized carbons (Fsp3) is 0.556. The number of carbonyl (C=O) groups is 3. The minimum absolute atomic E-state index is 0.164. The van der Waals surface area contributed by atoms with E-state index in [0.717, 1.165) is 0 Å². The SMILES string of the molecule is [CH2]CCC(=O)NC(CCNC=O)C(=O)O. The van der Waals surface area contributed by atoms with E-state index in [1.807, 2.05) is 0 Å². The molecule has 0 bridgehead atoms. The van der Waals surface area contributed by atoms with E-state index in [1.165, 1.54) is 0 Å². The molecule has 0 aliphatic carbocycles. The summed E-state index contributed by atoms with van der Waals surface area (Å²) < 4.78 is 0. The van der Waals surface area contributed by atoms with E-state index >= 15 is 0 Å². The summed E-state index contributed by atoms with van der Waals surface area (Å²) in [5.74, 6) is -1.45. The first-order chi connectivity index (χ1) is 7.11. The minimum Gasteiger partial charge on any atom is -0.480 e. The van der Waals surface area contributed by atoms with E-state index in [2.05, 4.69) is 17.6 Å². The van der Waals surface area contributed by atoms with E-state index < -0.39 is 12.0 Å². The Morgan fingerprint density at radius 2 is 2.13 bits per heavy atom. The van der Waals surface area contributed by atoms with Gasteiger partial charge in [0.25, 0.3) is 0 Å². The Morgan fingerprint density at radius 1 is 1.47 bits per heavy atom. The van der Waals surface area contributed by atoms with Crippen molar-refractivity contribution in [2.75, 3.05) is 6.54 Å². The number of carboxylic acid groups (broad SMARTS) is 1. The summed E-state index contributed by atoms with van der Waals surface area (Å²) in [5.41, 5.74) is 0. The van der Waals surface area contributed by atoms with Crippen LogP contribution in [0, 0.1) is 6.92 Å². The highest BCUT2D eigenvalue weighted by Crippen LogP contribution is 1.94. The molecule has 6 heteroatoms. The third kappa shape index (κ3) is 6.48. The lowest BCUT2D eigenvalue weighted by Crippen LogP contribution is -2.42. The number of nitrogens with one attached hydrogen (secondary N) is 2. The fourth-order valence-corrected chi connectivity index (χ4v) is 0.971. The maximum atomic E-state index is 11.1. The molecule has 85 valence electrons. The van der Waals surface area contributed by atoms with Crippen molar-refractivity contribution in [3.8, 4) is 0 Å². The molecule has 15 heavy (non-hydrogen) atoms. The molecule has 0 aliphatic heterocycles. The average Bonchev–Trinajstić information content (AvgIpc) is 2.16. The van der Waals surface area contributed by atoms with E-state index in [1.54, 1.807) is 0 Å². The van der Waals surface area contributed by atoms with Crippen LogP contribution in [0.15, 0.2) is 0 Å². The van der Waals surface area contributed by atoms with Gasteiger partial charge in [0.15, 0.2) is 0 Å². The van der Waals surface area contributed by atoms with Gasteiger partial charge in [-0.05, 0) is 12.8 Å². The number of amides is 2. The van der Waals surface area contributed by atoms with Crippen LogP contribution in [-0.2, 0) is 14.4 Å². The first-order valence-electron chi connectivity index (χ1n) is 4.60. The van der Waals surface area contributed by atoms with Gasteiger partial charge in [0, 0.05) is 13.0 Å². The third-order valence-electron chi connectivity index (χ3n) is 1.70. The molecule has 6 nitrogen and oxygen atoms in total. The lowest BCUT2D eigenvalue weighted by Gasteiger charge is -2.13. The first-order valence-corrected chi connectivity index (χ1v) is 4.60. The lowest BCUT2D eigenvalue weighted by molar-refractivity contribution is -0.142. The Kier molecular flexibility index (Phi) is 6.96. The van der Waals surface area contributed by atoms with Gasteiger partial charge in [-0.1, -0.05) is 6.92 Å². The van der Waals surface area contributed by atoms with Gasteiger partial charge in [-0.2, -0.15) is 0 Å². The van der Waals surface area contributed by atoms with Gasteiger partial charge < -0.3 is 15.7 Å². The van der Waals surface area contributed by atoms with Gasteiger partial charge in [0.1, 0.15) is 6.04 Å². The molecule has 0 fully saturated rings. The van der Waals surface area contributed by atoms with Gasteiger partial charge in [-0.25, -0.2) is 4.79 Å². The van der Waals surface area contributed by atoms with Gasteiger partial charge in [0.05, 0.1) is 0 Å². The number of aliphatic carboxylic acids is 1. The number of carbonyl (C=O) groups excluding carboxylic acids is 2. The van der Waals surface area contributed by atoms with Crippen molar-refractivity contribution in [3.05, 3.63) is 6.92 Å². The van der Waals surface area contributed by atoms with Crippen LogP contribution in [0.5, 0.6) is 0 Å². The number of hydrogen-bond donors (Lipinski definition) is 3. The molecule has 0 spiro atoms. The average molecular weight is 215 g/mol. The summed E-state index contributed by atoms with van der Waals surface area (Å²) in [6.45, 7) is 3.70. The van der Waals surface area contributed by atoms with Gasteiger partial charge in [-0.15, -0.1) is 0 Å². The number of hydrogen-bond acceptors (Lipinski definition) is 3. The summed E-state index contributed by atoms with van der Waals surface area (Å²) in [5, 5.41) is 13.4. The summed E-state index contributed by atoms with van der Waals surface area (Å²) >= 11 is 0. The molecule has 0 saturated heterocycles. The van der Waals surface area contributed by atoms with Gasteiger partial charge in [0.2, 0.25) is 12.3 Å². The van der Waals surface area contributed by atoms with Crippen LogP contribution in [-0.4, -0.2) is 36.0 Å². The smallest absolute Gasteiger partial charge is 0.326 e. The molecule has 1 radical (unpaired) electrons. The van der Waals surface area contributed by atoms with Crippen LogP contribution in [0.3, 0.4) is 0 Å². The van der Waals surface area contributed by atoms with E-state index in [4.69, 9.17) is 5.11 Å². The number of rotatable bonds is 8. The monoisotopic (exact) mass is 215 g/mol. The second kappa shape index (κ2) is 7.78. The Morgan fingerprint density at radius 3 is 2.60 bits per heavy atom. The highest BCUT2D eigenvalue weighted by molar-refractivity contribution is 5.83. The highest BCUT2D eigenvalue weighted by Gasteiger charge is 2.18. The predicted molar refractivity (Wildman–Crippen MR) is 52.8 cm³/mol. The molecule has 2 amide bonds. The third-order valence-corrected chi connectivity index (χ3v) is 1.70. The van der Waals surface area contributed by atoms with Gasteiger partial charge >= 0.3 is 5.97 Å². The van der Waals surface area contributed by atoms with Gasteiger partial charge in [-0.3, -0.25) is 9.59 Å². The summed E-state index contributed by atoms with van der Waals surface area (Å²) in [6, 6.07) is -0.962. The molecule has 1 atom stereocenters. The van der Waals surface area contributed by atoms with Crippen LogP contribution in [0.4, 0.5) is 0 Å². The largest absolute Gasteiger partial charge is 0.480 e. The Hall–Kier alpha value is -1.59. The van der Waals surface area contributed by atoms with Crippen LogP contribution in [0.1, 0.15) is 19.3 Å². The van der Waals surface area contributed by atoms with Crippen molar-refractivity contribution in [1.82, 2.24) is 10.6 Å². The number of carboxylic acids is 1. The van der Waals surface area contributed by atoms with Crippen molar-refractivity contribution in [3.63, 3.8) is 0 Å². The fourth-order valence-electron chi connectivity index (χ4n) is 0.971.